The lowest BCUT2D eigenvalue weighted by atomic mass is 10.0. The predicted molar refractivity (Wildman–Crippen MR) is 58.2 cm³/mol. The van der Waals surface area contributed by atoms with Gasteiger partial charge in [-0.1, -0.05) is 19.9 Å². The lowest BCUT2D eigenvalue weighted by Gasteiger charge is -2.17. The number of esters is 1. The Kier molecular flexibility index (Phi) is 6.42. The number of carbonyl (C=O) groups excluding carboxylic acids is 2. The van der Waals surface area contributed by atoms with Gasteiger partial charge in [-0.15, -0.1) is 0 Å². The van der Waals surface area contributed by atoms with E-state index in [0.29, 0.717) is 12.3 Å². The Balaban J connectivity index is 4.36. The van der Waals surface area contributed by atoms with Gasteiger partial charge in [0.05, 0.1) is 7.11 Å². The second kappa shape index (κ2) is 7.04. The summed E-state index contributed by atoms with van der Waals surface area (Å²) in [5, 5.41) is 2.60. The largest absolute Gasteiger partial charge is 0.467 e. The van der Waals surface area contributed by atoms with Gasteiger partial charge in [0.15, 0.2) is 0 Å². The van der Waals surface area contributed by atoms with Crippen molar-refractivity contribution < 1.29 is 14.3 Å². The highest BCUT2D eigenvalue weighted by molar-refractivity contribution is 5.91. The lowest BCUT2D eigenvalue weighted by Crippen LogP contribution is -2.41. The molecule has 4 nitrogen and oxygen atoms in total. The van der Waals surface area contributed by atoms with Gasteiger partial charge >= 0.3 is 5.97 Å². The van der Waals surface area contributed by atoms with Gasteiger partial charge in [-0.2, -0.15) is 0 Å². The molecule has 15 heavy (non-hydrogen) atoms. The van der Waals surface area contributed by atoms with Crippen molar-refractivity contribution in [1.29, 1.82) is 0 Å². The highest BCUT2D eigenvalue weighted by Crippen LogP contribution is 2.06. The van der Waals surface area contributed by atoms with Crippen LogP contribution in [-0.4, -0.2) is 25.0 Å². The molecule has 0 aromatic carbocycles. The molecule has 1 amide bonds. The average molecular weight is 213 g/mol. The minimum absolute atomic E-state index is 0.270. The molecule has 0 heterocycles. The summed E-state index contributed by atoms with van der Waals surface area (Å²) in [5.41, 5.74) is 0. The fraction of sp³-hybridized carbons (Fsp3) is 0.636. The van der Waals surface area contributed by atoms with Crippen molar-refractivity contribution in [3.63, 3.8) is 0 Å². The first kappa shape index (κ1) is 13.7. The standard InChI is InChI=1S/C11H19NO3/c1-5-6-10(13)12-9(7-8(2)3)11(14)15-4/h5-6,8-9H,7H2,1-4H3,(H,12,13)/b6-5+/t9-/m1/s1. The highest BCUT2D eigenvalue weighted by Gasteiger charge is 2.21. The van der Waals surface area contributed by atoms with Crippen molar-refractivity contribution in [3.05, 3.63) is 12.2 Å². The Morgan fingerprint density at radius 2 is 2.00 bits per heavy atom. The van der Waals surface area contributed by atoms with Crippen molar-refractivity contribution >= 4 is 11.9 Å². The van der Waals surface area contributed by atoms with Gasteiger partial charge in [-0.05, 0) is 25.3 Å². The lowest BCUT2D eigenvalue weighted by molar-refractivity contribution is -0.145. The molecule has 0 rings (SSSR count). The normalized spacial score (nSPS) is 12.9. The Hall–Kier alpha value is -1.32. The molecule has 0 radical (unpaired) electrons. The minimum atomic E-state index is -0.557. The van der Waals surface area contributed by atoms with Gasteiger partial charge in [0.2, 0.25) is 5.91 Å². The summed E-state index contributed by atoms with van der Waals surface area (Å²) in [6, 6.07) is -0.557. The molecule has 0 fully saturated rings. The fourth-order valence-electron chi connectivity index (χ4n) is 1.20. The molecule has 86 valence electrons. The topological polar surface area (TPSA) is 55.4 Å². The van der Waals surface area contributed by atoms with E-state index < -0.39 is 12.0 Å². The number of carbonyl (C=O) groups is 2. The molecule has 0 bridgehead atoms. The highest BCUT2D eigenvalue weighted by atomic mass is 16.5. The Morgan fingerprint density at radius 1 is 1.40 bits per heavy atom. The van der Waals surface area contributed by atoms with Gasteiger partial charge in [-0.25, -0.2) is 4.79 Å². The van der Waals surface area contributed by atoms with Crippen LogP contribution in [0, 0.1) is 5.92 Å². The first-order valence-corrected chi connectivity index (χ1v) is 5.02. The molecule has 0 unspecified atom stereocenters. The first-order valence-electron chi connectivity index (χ1n) is 5.02. The Labute approximate surface area is 90.7 Å². The second-order valence-electron chi connectivity index (χ2n) is 3.71. The summed E-state index contributed by atoms with van der Waals surface area (Å²) >= 11 is 0. The van der Waals surface area contributed by atoms with E-state index in [0.717, 1.165) is 0 Å². The summed E-state index contributed by atoms with van der Waals surface area (Å²) in [6.45, 7) is 5.71. The van der Waals surface area contributed by atoms with Gasteiger partial charge in [-0.3, -0.25) is 4.79 Å². The van der Waals surface area contributed by atoms with E-state index in [9.17, 15) is 9.59 Å². The summed E-state index contributed by atoms with van der Waals surface area (Å²) < 4.78 is 4.61. The number of ether oxygens (including phenoxy) is 1. The maximum absolute atomic E-state index is 11.3. The third-order valence-electron chi connectivity index (χ3n) is 1.83. The van der Waals surface area contributed by atoms with Crippen LogP contribution in [0.2, 0.25) is 0 Å². The summed E-state index contributed by atoms with van der Waals surface area (Å²) in [7, 11) is 1.32. The van der Waals surface area contributed by atoms with Crippen LogP contribution >= 0.6 is 0 Å². The van der Waals surface area contributed by atoms with Crippen LogP contribution in [0.25, 0.3) is 0 Å². The number of rotatable bonds is 5. The number of amides is 1. The van der Waals surface area contributed by atoms with Crippen LogP contribution in [0.1, 0.15) is 27.2 Å². The van der Waals surface area contributed by atoms with E-state index in [-0.39, 0.29) is 5.91 Å². The molecule has 0 aromatic heterocycles. The van der Waals surface area contributed by atoms with Crippen LogP contribution < -0.4 is 5.32 Å². The molecule has 0 saturated carbocycles. The molecule has 0 aromatic rings. The average Bonchev–Trinajstić information content (AvgIpc) is 2.15. The van der Waals surface area contributed by atoms with Crippen molar-refractivity contribution in [2.45, 2.75) is 33.2 Å². The second-order valence-corrected chi connectivity index (χ2v) is 3.71. The monoisotopic (exact) mass is 213 g/mol. The summed E-state index contributed by atoms with van der Waals surface area (Å²) in [4.78, 5) is 22.6. The molecule has 4 heteroatoms. The number of nitrogens with one attached hydrogen (secondary N) is 1. The van der Waals surface area contributed by atoms with Gasteiger partial charge < -0.3 is 10.1 Å². The Bertz CT molecular complexity index is 246. The minimum Gasteiger partial charge on any atom is -0.467 e. The van der Waals surface area contributed by atoms with Crippen LogP contribution in [0.15, 0.2) is 12.2 Å². The molecular weight excluding hydrogens is 194 g/mol. The summed E-state index contributed by atoms with van der Waals surface area (Å²) in [5.74, 6) is -0.352. The number of methoxy groups -OCH3 is 1. The molecule has 0 spiro atoms. The SMILES string of the molecule is C/C=C/C(=O)N[C@H](CC(C)C)C(=O)OC. The zero-order valence-corrected chi connectivity index (χ0v) is 9.74. The van der Waals surface area contributed by atoms with E-state index >= 15 is 0 Å². The van der Waals surface area contributed by atoms with Crippen molar-refractivity contribution in [1.82, 2.24) is 5.32 Å². The van der Waals surface area contributed by atoms with Crippen molar-refractivity contribution in [3.8, 4) is 0 Å². The molecule has 0 aliphatic heterocycles. The predicted octanol–water partition coefficient (Wildman–Crippen LogP) is 1.27. The van der Waals surface area contributed by atoms with Crippen LogP contribution in [-0.2, 0) is 14.3 Å². The molecule has 1 atom stereocenters. The zero-order chi connectivity index (χ0) is 11.8. The van der Waals surface area contributed by atoms with E-state index in [4.69, 9.17) is 0 Å². The number of hydrogen-bond acceptors (Lipinski definition) is 3. The molecule has 0 aliphatic rings. The van der Waals surface area contributed by atoms with Crippen molar-refractivity contribution in [2.75, 3.05) is 7.11 Å². The smallest absolute Gasteiger partial charge is 0.328 e. The van der Waals surface area contributed by atoms with Gasteiger partial charge in [0.25, 0.3) is 0 Å². The van der Waals surface area contributed by atoms with E-state index in [1.165, 1.54) is 13.2 Å². The van der Waals surface area contributed by atoms with E-state index in [2.05, 4.69) is 10.1 Å². The van der Waals surface area contributed by atoms with Crippen LogP contribution in [0.3, 0.4) is 0 Å². The molecule has 0 saturated heterocycles. The van der Waals surface area contributed by atoms with Gasteiger partial charge in [0.1, 0.15) is 6.04 Å². The van der Waals surface area contributed by atoms with Crippen LogP contribution in [0.4, 0.5) is 0 Å². The van der Waals surface area contributed by atoms with E-state index in [1.54, 1.807) is 13.0 Å². The van der Waals surface area contributed by atoms with Gasteiger partial charge in [0, 0.05) is 0 Å². The fourth-order valence-corrected chi connectivity index (χ4v) is 1.20. The first-order chi connectivity index (χ1) is 7.01. The Morgan fingerprint density at radius 3 is 2.40 bits per heavy atom. The summed E-state index contributed by atoms with van der Waals surface area (Å²) in [6.07, 6.45) is 3.59. The van der Waals surface area contributed by atoms with E-state index in [1.807, 2.05) is 13.8 Å². The third-order valence-corrected chi connectivity index (χ3v) is 1.83. The quantitative estimate of drug-likeness (QED) is 0.552. The molecule has 1 N–H and O–H groups in total. The third kappa shape index (κ3) is 5.88. The maximum atomic E-state index is 11.3. The number of allylic oxidation sites excluding steroid dienone is 1. The number of hydrogen-bond donors (Lipinski definition) is 1. The maximum Gasteiger partial charge on any atom is 0.328 e. The molecule has 0 aliphatic carbocycles. The zero-order valence-electron chi connectivity index (χ0n) is 9.74. The van der Waals surface area contributed by atoms with Crippen molar-refractivity contribution in [2.24, 2.45) is 5.92 Å². The van der Waals surface area contributed by atoms with Crippen LogP contribution in [0.5, 0.6) is 0 Å². The molecular formula is C11H19NO3.